The van der Waals surface area contributed by atoms with Crippen LogP contribution in [0.4, 0.5) is 0 Å². The molecule has 0 bridgehead atoms. The molecule has 0 aromatic heterocycles. The molecule has 4 nitrogen and oxygen atoms in total. The minimum Gasteiger partial charge on any atom is -0.481 e. The summed E-state index contributed by atoms with van der Waals surface area (Å²) in [7, 11) is 0. The Bertz CT molecular complexity index is 310. The Morgan fingerprint density at radius 2 is 2.00 bits per heavy atom. The van der Waals surface area contributed by atoms with Crippen LogP contribution < -0.4 is 0 Å². The van der Waals surface area contributed by atoms with Gasteiger partial charge in [0.25, 0.3) is 0 Å². The van der Waals surface area contributed by atoms with Crippen LogP contribution in [-0.4, -0.2) is 11.1 Å². The van der Waals surface area contributed by atoms with Gasteiger partial charge in [0.2, 0.25) is 0 Å². The molecule has 0 spiro atoms. The predicted molar refractivity (Wildman–Crippen MR) is 51.8 cm³/mol. The number of carboxylic acid groups (broad SMARTS) is 1. The van der Waals surface area contributed by atoms with Gasteiger partial charge in [-0.15, -0.1) is 0 Å². The number of nitroso groups, excluding NO2 is 1. The minimum absolute atomic E-state index is 0.0364. The van der Waals surface area contributed by atoms with Crippen LogP contribution in [0.1, 0.15) is 24.4 Å². The van der Waals surface area contributed by atoms with E-state index in [0.717, 1.165) is 5.56 Å². The molecule has 1 unspecified atom stereocenters. The van der Waals surface area contributed by atoms with E-state index < -0.39 is 12.0 Å². The third-order valence-corrected chi connectivity index (χ3v) is 1.94. The van der Waals surface area contributed by atoms with Crippen molar-refractivity contribution in [2.75, 3.05) is 0 Å². The van der Waals surface area contributed by atoms with Crippen LogP contribution in [0.15, 0.2) is 35.5 Å². The molecule has 4 heteroatoms. The largest absolute Gasteiger partial charge is 0.481 e. The quantitative estimate of drug-likeness (QED) is 0.730. The van der Waals surface area contributed by atoms with Crippen LogP contribution in [0.5, 0.6) is 0 Å². The lowest BCUT2D eigenvalue weighted by atomic mass is 10.0. The summed E-state index contributed by atoms with van der Waals surface area (Å²) in [6.07, 6.45) is 0.216. The molecule has 0 aliphatic carbocycles. The van der Waals surface area contributed by atoms with E-state index >= 15 is 0 Å². The number of hydrogen-bond donors (Lipinski definition) is 1. The SMILES string of the molecule is O=NC(CCC(=O)O)c1ccccc1. The molecule has 1 rings (SSSR count). The summed E-state index contributed by atoms with van der Waals surface area (Å²) < 4.78 is 0. The van der Waals surface area contributed by atoms with E-state index in [0.29, 0.717) is 0 Å². The normalized spacial score (nSPS) is 12.0. The van der Waals surface area contributed by atoms with Crippen molar-refractivity contribution in [1.82, 2.24) is 0 Å². The molecule has 0 aliphatic rings. The molecule has 0 saturated carbocycles. The first kappa shape index (κ1) is 10.4. The van der Waals surface area contributed by atoms with E-state index in [4.69, 9.17) is 5.11 Å². The Hall–Kier alpha value is -1.71. The van der Waals surface area contributed by atoms with Gasteiger partial charge in [-0.2, -0.15) is 4.91 Å². The first-order valence-electron chi connectivity index (χ1n) is 4.33. The van der Waals surface area contributed by atoms with E-state index in [-0.39, 0.29) is 12.8 Å². The fourth-order valence-corrected chi connectivity index (χ4v) is 1.22. The lowest BCUT2D eigenvalue weighted by Gasteiger charge is -2.06. The van der Waals surface area contributed by atoms with Crippen molar-refractivity contribution in [3.63, 3.8) is 0 Å². The van der Waals surface area contributed by atoms with E-state index in [1.165, 1.54) is 0 Å². The summed E-state index contributed by atoms with van der Waals surface area (Å²) >= 11 is 0. The molecule has 0 saturated heterocycles. The number of carbonyl (C=O) groups is 1. The van der Waals surface area contributed by atoms with Crippen LogP contribution in [0.3, 0.4) is 0 Å². The molecule has 1 aromatic rings. The second-order valence-electron chi connectivity index (χ2n) is 2.96. The third-order valence-electron chi connectivity index (χ3n) is 1.94. The lowest BCUT2D eigenvalue weighted by Crippen LogP contribution is -2.00. The smallest absolute Gasteiger partial charge is 0.303 e. The Balaban J connectivity index is 2.63. The van der Waals surface area contributed by atoms with Gasteiger partial charge < -0.3 is 5.11 Å². The molecule has 0 amide bonds. The third kappa shape index (κ3) is 2.97. The topological polar surface area (TPSA) is 66.7 Å². The number of carboxylic acids is 1. The fourth-order valence-electron chi connectivity index (χ4n) is 1.22. The summed E-state index contributed by atoms with van der Waals surface area (Å²) in [5.41, 5.74) is 0.767. The summed E-state index contributed by atoms with van der Waals surface area (Å²) in [5, 5.41) is 11.4. The van der Waals surface area contributed by atoms with Crippen LogP contribution in [0.2, 0.25) is 0 Å². The number of benzene rings is 1. The number of hydrogen-bond acceptors (Lipinski definition) is 3. The number of aliphatic carboxylic acids is 1. The van der Waals surface area contributed by atoms with Crippen LogP contribution >= 0.6 is 0 Å². The van der Waals surface area contributed by atoms with E-state index in [9.17, 15) is 9.70 Å². The van der Waals surface area contributed by atoms with Gasteiger partial charge in [0, 0.05) is 6.42 Å². The number of rotatable bonds is 5. The first-order valence-corrected chi connectivity index (χ1v) is 4.33. The van der Waals surface area contributed by atoms with Gasteiger partial charge in [0.15, 0.2) is 0 Å². The number of nitrogens with zero attached hydrogens (tertiary/aromatic N) is 1. The van der Waals surface area contributed by atoms with Crippen molar-refractivity contribution in [3.8, 4) is 0 Å². The molecular weight excluding hydrogens is 182 g/mol. The fraction of sp³-hybridized carbons (Fsp3) is 0.300. The highest BCUT2D eigenvalue weighted by molar-refractivity contribution is 5.66. The van der Waals surface area contributed by atoms with Gasteiger partial charge in [-0.25, -0.2) is 0 Å². The van der Waals surface area contributed by atoms with Crippen molar-refractivity contribution in [3.05, 3.63) is 40.8 Å². The average Bonchev–Trinajstić information content (AvgIpc) is 2.20. The molecule has 0 fully saturated rings. The zero-order chi connectivity index (χ0) is 10.4. The molecule has 1 aromatic carbocycles. The van der Waals surface area contributed by atoms with Gasteiger partial charge in [-0.05, 0) is 12.0 Å². The molecule has 0 aliphatic heterocycles. The predicted octanol–water partition coefficient (Wildman–Crippen LogP) is 2.36. The van der Waals surface area contributed by atoms with Crippen LogP contribution in [0.25, 0.3) is 0 Å². The summed E-state index contributed by atoms with van der Waals surface area (Å²) in [6.45, 7) is 0. The zero-order valence-electron chi connectivity index (χ0n) is 7.59. The van der Waals surface area contributed by atoms with Crippen molar-refractivity contribution < 1.29 is 9.90 Å². The van der Waals surface area contributed by atoms with E-state index in [2.05, 4.69) is 5.18 Å². The Morgan fingerprint density at radius 3 is 2.50 bits per heavy atom. The standard InChI is InChI=1S/C10H11NO3/c12-10(13)7-6-9(11-14)8-4-2-1-3-5-8/h1-5,9H,6-7H2,(H,12,13). The minimum atomic E-state index is -0.908. The molecule has 74 valence electrons. The highest BCUT2D eigenvalue weighted by atomic mass is 16.4. The molecule has 0 heterocycles. The maximum Gasteiger partial charge on any atom is 0.303 e. The average molecular weight is 193 g/mol. The van der Waals surface area contributed by atoms with E-state index in [1.807, 2.05) is 6.07 Å². The van der Waals surface area contributed by atoms with Crippen molar-refractivity contribution in [2.24, 2.45) is 5.18 Å². The van der Waals surface area contributed by atoms with E-state index in [1.54, 1.807) is 24.3 Å². The summed E-state index contributed by atoms with van der Waals surface area (Å²) in [4.78, 5) is 20.8. The highest BCUT2D eigenvalue weighted by Gasteiger charge is 2.12. The zero-order valence-corrected chi connectivity index (χ0v) is 7.59. The molecule has 1 N–H and O–H groups in total. The Labute approximate surface area is 81.5 Å². The molecular formula is C10H11NO3. The Morgan fingerprint density at radius 1 is 1.36 bits per heavy atom. The lowest BCUT2D eigenvalue weighted by molar-refractivity contribution is -0.137. The van der Waals surface area contributed by atoms with Crippen molar-refractivity contribution in [2.45, 2.75) is 18.9 Å². The van der Waals surface area contributed by atoms with Crippen molar-refractivity contribution >= 4 is 5.97 Å². The van der Waals surface area contributed by atoms with Gasteiger partial charge in [-0.3, -0.25) is 4.79 Å². The second-order valence-corrected chi connectivity index (χ2v) is 2.96. The molecule has 14 heavy (non-hydrogen) atoms. The molecule has 1 atom stereocenters. The Kier molecular flexibility index (Phi) is 3.79. The monoisotopic (exact) mass is 193 g/mol. The van der Waals surface area contributed by atoms with Gasteiger partial charge >= 0.3 is 5.97 Å². The molecule has 0 radical (unpaired) electrons. The maximum atomic E-state index is 10.5. The second kappa shape index (κ2) is 5.11. The van der Waals surface area contributed by atoms with Crippen LogP contribution in [0, 0.1) is 4.91 Å². The van der Waals surface area contributed by atoms with Gasteiger partial charge in [0.05, 0.1) is 0 Å². The van der Waals surface area contributed by atoms with Crippen LogP contribution in [-0.2, 0) is 4.79 Å². The van der Waals surface area contributed by atoms with Gasteiger partial charge in [-0.1, -0.05) is 35.5 Å². The highest BCUT2D eigenvalue weighted by Crippen LogP contribution is 2.21. The first-order chi connectivity index (χ1) is 6.74. The van der Waals surface area contributed by atoms with Crippen molar-refractivity contribution in [1.29, 1.82) is 0 Å². The summed E-state index contributed by atoms with van der Waals surface area (Å²) in [5.74, 6) is -0.908. The van der Waals surface area contributed by atoms with Gasteiger partial charge in [0.1, 0.15) is 6.04 Å². The summed E-state index contributed by atoms with van der Waals surface area (Å²) in [6, 6.07) is 8.43. The maximum absolute atomic E-state index is 10.5.